The average molecular weight is 312 g/mol. The maximum absolute atomic E-state index is 5.88. The molecule has 0 saturated heterocycles. The van der Waals surface area contributed by atoms with Crippen molar-refractivity contribution >= 4 is 8.80 Å². The van der Waals surface area contributed by atoms with Crippen LogP contribution in [0.15, 0.2) is 18.2 Å². The van der Waals surface area contributed by atoms with Crippen LogP contribution in [-0.2, 0) is 19.3 Å². The second kappa shape index (κ2) is 7.79. The van der Waals surface area contributed by atoms with Crippen LogP contribution in [0.2, 0.25) is 0 Å². The molecular weight excluding hydrogens is 288 g/mol. The van der Waals surface area contributed by atoms with Gasteiger partial charge in [-0.2, -0.15) is 0 Å². The molecule has 1 aliphatic rings. The van der Waals surface area contributed by atoms with Crippen molar-refractivity contribution in [2.45, 2.75) is 26.8 Å². The highest BCUT2D eigenvalue weighted by molar-refractivity contribution is 6.60. The molecule has 0 bridgehead atoms. The normalized spacial score (nSPS) is 14.2. The van der Waals surface area contributed by atoms with Crippen molar-refractivity contribution in [1.29, 1.82) is 0 Å². The van der Waals surface area contributed by atoms with E-state index in [4.69, 9.17) is 22.8 Å². The minimum atomic E-state index is -2.68. The molecule has 0 aliphatic carbocycles. The molecule has 0 radical (unpaired) electrons. The molecule has 0 aromatic heterocycles. The van der Waals surface area contributed by atoms with Crippen molar-refractivity contribution in [3.05, 3.63) is 23.8 Å². The Kier molecular flexibility index (Phi) is 6.04. The number of hydrogen-bond donors (Lipinski definition) is 0. The van der Waals surface area contributed by atoms with Gasteiger partial charge >= 0.3 is 8.80 Å². The summed E-state index contributed by atoms with van der Waals surface area (Å²) in [6, 6.07) is 6.59. The number of hydrogen-bond acceptors (Lipinski definition) is 5. The molecule has 0 unspecified atom stereocenters. The van der Waals surface area contributed by atoms with Crippen LogP contribution in [0.1, 0.15) is 26.3 Å². The van der Waals surface area contributed by atoms with Crippen molar-refractivity contribution in [3.63, 3.8) is 0 Å². The van der Waals surface area contributed by atoms with Gasteiger partial charge in [-0.05, 0) is 38.5 Å². The van der Waals surface area contributed by atoms with E-state index in [9.17, 15) is 0 Å². The fourth-order valence-corrected chi connectivity index (χ4v) is 4.98. The Morgan fingerprint density at radius 1 is 0.905 bits per heavy atom. The molecule has 21 heavy (non-hydrogen) atoms. The van der Waals surface area contributed by atoms with Crippen LogP contribution < -0.4 is 9.47 Å². The Morgan fingerprint density at radius 2 is 1.48 bits per heavy atom. The lowest BCUT2D eigenvalue weighted by Crippen LogP contribution is -2.48. The van der Waals surface area contributed by atoms with E-state index in [1.807, 2.05) is 39.0 Å². The second-order valence-electron chi connectivity index (χ2n) is 4.64. The van der Waals surface area contributed by atoms with Gasteiger partial charge in [0.25, 0.3) is 0 Å². The first-order valence-corrected chi connectivity index (χ1v) is 9.46. The van der Waals surface area contributed by atoms with Crippen molar-refractivity contribution in [2.75, 3.05) is 33.0 Å². The number of ether oxygens (including phenoxy) is 2. The summed E-state index contributed by atoms with van der Waals surface area (Å²) in [5.41, 5.74) is 1.08. The molecule has 0 saturated carbocycles. The van der Waals surface area contributed by atoms with E-state index in [0.717, 1.165) is 17.1 Å². The molecule has 1 aromatic rings. The van der Waals surface area contributed by atoms with Gasteiger partial charge in [0.2, 0.25) is 0 Å². The number of fused-ring (bicyclic) bond motifs is 1. The molecule has 0 atom stereocenters. The van der Waals surface area contributed by atoms with Crippen LogP contribution in [0.3, 0.4) is 0 Å². The fourth-order valence-electron chi connectivity index (χ4n) is 2.39. The Morgan fingerprint density at radius 3 is 2.05 bits per heavy atom. The number of benzene rings is 1. The van der Waals surface area contributed by atoms with Crippen molar-refractivity contribution < 1.29 is 22.8 Å². The van der Waals surface area contributed by atoms with E-state index >= 15 is 0 Å². The molecule has 2 rings (SSSR count). The molecule has 0 fully saturated rings. The minimum Gasteiger partial charge on any atom is -0.486 e. The summed E-state index contributed by atoms with van der Waals surface area (Å²) < 4.78 is 28.8. The van der Waals surface area contributed by atoms with Crippen LogP contribution in [0, 0.1) is 0 Å². The topological polar surface area (TPSA) is 46.2 Å². The summed E-state index contributed by atoms with van der Waals surface area (Å²) in [5, 5.41) is 0. The molecule has 0 spiro atoms. The Labute approximate surface area is 127 Å². The van der Waals surface area contributed by atoms with Gasteiger partial charge in [0.05, 0.1) is 0 Å². The monoisotopic (exact) mass is 312 g/mol. The van der Waals surface area contributed by atoms with Gasteiger partial charge in [0.1, 0.15) is 13.2 Å². The summed E-state index contributed by atoms with van der Waals surface area (Å²) in [4.78, 5) is 0. The molecule has 1 aliphatic heterocycles. The van der Waals surface area contributed by atoms with E-state index in [1.54, 1.807) is 0 Å². The predicted molar refractivity (Wildman–Crippen MR) is 81.8 cm³/mol. The van der Waals surface area contributed by atoms with Gasteiger partial charge < -0.3 is 22.8 Å². The highest BCUT2D eigenvalue weighted by Crippen LogP contribution is 2.32. The largest absolute Gasteiger partial charge is 0.505 e. The van der Waals surface area contributed by atoms with Crippen LogP contribution in [0.4, 0.5) is 0 Å². The first kappa shape index (κ1) is 16.3. The second-order valence-corrected chi connectivity index (χ2v) is 7.22. The summed E-state index contributed by atoms with van der Waals surface area (Å²) >= 11 is 0. The van der Waals surface area contributed by atoms with E-state index in [-0.39, 0.29) is 0 Å². The fraction of sp³-hybridized carbons (Fsp3) is 0.600. The highest BCUT2D eigenvalue weighted by atomic mass is 28.4. The lowest BCUT2D eigenvalue weighted by Gasteiger charge is -2.29. The van der Waals surface area contributed by atoms with Crippen LogP contribution >= 0.6 is 0 Å². The first-order valence-electron chi connectivity index (χ1n) is 7.53. The van der Waals surface area contributed by atoms with Gasteiger partial charge in [-0.1, -0.05) is 6.07 Å². The van der Waals surface area contributed by atoms with Crippen LogP contribution in [0.5, 0.6) is 11.5 Å². The third kappa shape index (κ3) is 4.20. The third-order valence-corrected chi connectivity index (χ3v) is 6.15. The maximum Gasteiger partial charge on any atom is 0.505 e. The summed E-state index contributed by atoms with van der Waals surface area (Å²) in [6.07, 6.45) is 0. The van der Waals surface area contributed by atoms with Crippen molar-refractivity contribution in [1.82, 2.24) is 0 Å². The molecular formula is C15H24O5Si. The summed E-state index contributed by atoms with van der Waals surface area (Å²) in [5.74, 6) is 1.58. The molecule has 6 heteroatoms. The van der Waals surface area contributed by atoms with Gasteiger partial charge in [-0.15, -0.1) is 0 Å². The van der Waals surface area contributed by atoms with E-state index in [0.29, 0.717) is 39.1 Å². The Bertz CT molecular complexity index is 435. The molecule has 0 amide bonds. The van der Waals surface area contributed by atoms with Gasteiger partial charge in [0, 0.05) is 25.9 Å². The average Bonchev–Trinajstić information content (AvgIpc) is 2.48. The van der Waals surface area contributed by atoms with Crippen molar-refractivity contribution in [3.8, 4) is 11.5 Å². The molecule has 1 heterocycles. The van der Waals surface area contributed by atoms with Crippen molar-refractivity contribution in [2.24, 2.45) is 0 Å². The van der Waals surface area contributed by atoms with E-state index < -0.39 is 8.80 Å². The standard InChI is InChI=1S/C15H24O5Si/c1-4-18-21(19-5-2,20-6-3)12-13-7-8-14-15(11-13)17-10-9-16-14/h7-8,11H,4-6,9-10,12H2,1-3H3. The lowest BCUT2D eigenvalue weighted by molar-refractivity contribution is 0.0703. The third-order valence-electron chi connectivity index (χ3n) is 3.12. The molecule has 0 N–H and O–H groups in total. The lowest BCUT2D eigenvalue weighted by atomic mass is 10.2. The van der Waals surface area contributed by atoms with Crippen LogP contribution in [0.25, 0.3) is 0 Å². The van der Waals surface area contributed by atoms with E-state index in [1.165, 1.54) is 0 Å². The Balaban J connectivity index is 2.18. The zero-order valence-electron chi connectivity index (χ0n) is 13.0. The first-order chi connectivity index (χ1) is 10.2. The summed E-state index contributed by atoms with van der Waals surface area (Å²) in [6.45, 7) is 8.81. The zero-order chi connectivity index (χ0) is 15.1. The predicted octanol–water partition coefficient (Wildman–Crippen LogP) is 2.59. The van der Waals surface area contributed by atoms with Crippen LogP contribution in [-0.4, -0.2) is 41.8 Å². The van der Waals surface area contributed by atoms with E-state index in [2.05, 4.69) is 0 Å². The SMILES string of the molecule is CCO[Si](Cc1ccc2c(c1)OCCO2)(OCC)OCC. The quantitative estimate of drug-likeness (QED) is 0.691. The summed E-state index contributed by atoms with van der Waals surface area (Å²) in [7, 11) is -2.68. The van der Waals surface area contributed by atoms with Gasteiger partial charge in [-0.3, -0.25) is 0 Å². The Hall–Kier alpha value is -1.08. The maximum atomic E-state index is 5.88. The minimum absolute atomic E-state index is 0.580. The number of rotatable bonds is 8. The highest BCUT2D eigenvalue weighted by Gasteiger charge is 2.40. The smallest absolute Gasteiger partial charge is 0.486 e. The zero-order valence-corrected chi connectivity index (χ0v) is 14.0. The van der Waals surface area contributed by atoms with Gasteiger partial charge in [0.15, 0.2) is 11.5 Å². The molecule has 118 valence electrons. The molecule has 5 nitrogen and oxygen atoms in total. The van der Waals surface area contributed by atoms with Gasteiger partial charge in [-0.25, -0.2) is 0 Å². The molecule has 1 aromatic carbocycles.